The molecular formula is C10H11N5O3S. The minimum atomic E-state index is -0.541. The summed E-state index contributed by atoms with van der Waals surface area (Å²) in [6.45, 7) is 2.79. The summed E-state index contributed by atoms with van der Waals surface area (Å²) in [5, 5.41) is 18.5. The summed E-state index contributed by atoms with van der Waals surface area (Å²) in [6, 6.07) is 2.36. The second-order valence-electron chi connectivity index (χ2n) is 3.69. The monoisotopic (exact) mass is 281 g/mol. The molecule has 1 N–H and O–H groups in total. The van der Waals surface area contributed by atoms with Crippen LogP contribution in [0, 0.1) is 10.1 Å². The highest BCUT2D eigenvalue weighted by Crippen LogP contribution is 2.18. The molecule has 0 aliphatic rings. The number of nitrogens with zero attached hydrogens (tertiary/aromatic N) is 4. The van der Waals surface area contributed by atoms with Gasteiger partial charge in [-0.2, -0.15) is 0 Å². The minimum absolute atomic E-state index is 0.132. The smallest absolute Gasteiger partial charge is 0.285 e. The molecule has 0 aliphatic heterocycles. The highest BCUT2D eigenvalue weighted by molar-refractivity contribution is 7.10. The molecule has 0 atom stereocenters. The topological polar surface area (TPSA) is 103 Å². The van der Waals surface area contributed by atoms with Gasteiger partial charge in [0.25, 0.3) is 11.2 Å². The van der Waals surface area contributed by atoms with Crippen molar-refractivity contribution in [3.8, 4) is 0 Å². The molecule has 100 valence electrons. The third-order valence-electron chi connectivity index (χ3n) is 2.39. The average molecular weight is 281 g/mol. The van der Waals surface area contributed by atoms with Crippen molar-refractivity contribution in [1.29, 1.82) is 0 Å². The van der Waals surface area contributed by atoms with Crippen molar-refractivity contribution >= 4 is 22.2 Å². The largest absolute Gasteiger partial charge is 0.374 e. The molecule has 0 unspecified atom stereocenters. The van der Waals surface area contributed by atoms with Gasteiger partial charge in [-0.15, -0.1) is 5.10 Å². The Morgan fingerprint density at radius 3 is 3.00 bits per heavy atom. The second-order valence-corrected chi connectivity index (χ2v) is 4.44. The van der Waals surface area contributed by atoms with Gasteiger partial charge in [0.2, 0.25) is 0 Å². The molecule has 0 radical (unpaired) electrons. The van der Waals surface area contributed by atoms with E-state index in [2.05, 4.69) is 14.9 Å². The van der Waals surface area contributed by atoms with E-state index in [9.17, 15) is 14.9 Å². The first-order valence-electron chi connectivity index (χ1n) is 5.51. The van der Waals surface area contributed by atoms with Crippen LogP contribution in [0.5, 0.6) is 0 Å². The molecule has 2 aromatic heterocycles. The first-order chi connectivity index (χ1) is 9.11. The minimum Gasteiger partial charge on any atom is -0.374 e. The van der Waals surface area contributed by atoms with Crippen molar-refractivity contribution in [2.24, 2.45) is 0 Å². The van der Waals surface area contributed by atoms with Gasteiger partial charge in [0.1, 0.15) is 10.7 Å². The van der Waals surface area contributed by atoms with Crippen LogP contribution in [0.1, 0.15) is 12.6 Å². The summed E-state index contributed by atoms with van der Waals surface area (Å²) in [5.41, 5.74) is 0.142. The molecule has 8 nitrogen and oxygen atoms in total. The molecule has 9 heteroatoms. The van der Waals surface area contributed by atoms with E-state index in [1.165, 1.54) is 34.4 Å². The third-order valence-corrected chi connectivity index (χ3v) is 3.12. The summed E-state index contributed by atoms with van der Waals surface area (Å²) < 4.78 is 5.05. The number of rotatable bonds is 5. The lowest BCUT2D eigenvalue weighted by molar-refractivity contribution is -0.385. The van der Waals surface area contributed by atoms with Crippen molar-refractivity contribution in [3.05, 3.63) is 44.5 Å². The first kappa shape index (κ1) is 13.1. The zero-order valence-electron chi connectivity index (χ0n) is 10.1. The summed E-state index contributed by atoms with van der Waals surface area (Å²) >= 11 is 1.19. The van der Waals surface area contributed by atoms with Crippen LogP contribution in [-0.4, -0.2) is 25.6 Å². The number of aromatic nitrogens is 3. The van der Waals surface area contributed by atoms with Crippen LogP contribution in [0.2, 0.25) is 0 Å². The Morgan fingerprint density at radius 1 is 1.53 bits per heavy atom. The molecule has 2 rings (SSSR count). The highest BCUT2D eigenvalue weighted by atomic mass is 32.1. The first-order valence-corrected chi connectivity index (χ1v) is 6.29. The number of anilines is 1. The standard InChI is InChI=1S/C10H11N5O3S/c1-2-11-10-8(12-13-19-10)6-14-5-7(15(17)18)3-4-9(14)16/h3-5,11H,2,6H2,1H3. The Bertz CT molecular complexity index is 651. The van der Waals surface area contributed by atoms with E-state index in [1.54, 1.807) is 0 Å². The summed E-state index contributed by atoms with van der Waals surface area (Å²) in [5.74, 6) is 0. The van der Waals surface area contributed by atoms with Crippen LogP contribution < -0.4 is 10.9 Å². The Kier molecular flexibility index (Phi) is 3.85. The number of nitrogens with one attached hydrogen (secondary N) is 1. The van der Waals surface area contributed by atoms with E-state index in [1.807, 2.05) is 6.92 Å². The van der Waals surface area contributed by atoms with Gasteiger partial charge in [-0.05, 0) is 6.92 Å². The van der Waals surface area contributed by atoms with E-state index in [0.29, 0.717) is 12.2 Å². The fourth-order valence-electron chi connectivity index (χ4n) is 1.52. The van der Waals surface area contributed by atoms with Gasteiger partial charge in [-0.3, -0.25) is 14.9 Å². The van der Waals surface area contributed by atoms with Gasteiger partial charge in [-0.1, -0.05) is 4.49 Å². The Labute approximate surface area is 112 Å². The van der Waals surface area contributed by atoms with Crippen molar-refractivity contribution in [2.45, 2.75) is 13.5 Å². The molecule has 0 bridgehead atoms. The van der Waals surface area contributed by atoms with Gasteiger partial charge in [-0.25, -0.2) is 0 Å². The molecule has 0 saturated carbocycles. The molecule has 0 amide bonds. The van der Waals surface area contributed by atoms with Crippen LogP contribution in [0.4, 0.5) is 10.7 Å². The van der Waals surface area contributed by atoms with Gasteiger partial charge in [0, 0.05) is 30.2 Å². The maximum Gasteiger partial charge on any atom is 0.285 e. The van der Waals surface area contributed by atoms with Gasteiger partial charge in [0.15, 0.2) is 0 Å². The molecule has 0 aromatic carbocycles. The van der Waals surface area contributed by atoms with Crippen LogP contribution in [0.25, 0.3) is 0 Å². The zero-order valence-corrected chi connectivity index (χ0v) is 10.9. The maximum absolute atomic E-state index is 11.7. The normalized spacial score (nSPS) is 10.4. The number of hydrogen-bond acceptors (Lipinski definition) is 7. The van der Waals surface area contributed by atoms with Crippen molar-refractivity contribution in [3.63, 3.8) is 0 Å². The molecule has 0 saturated heterocycles. The molecule has 2 heterocycles. The molecule has 0 fully saturated rings. The van der Waals surface area contributed by atoms with Gasteiger partial charge in [0.05, 0.1) is 17.7 Å². The third kappa shape index (κ3) is 2.94. The average Bonchev–Trinajstić information content (AvgIpc) is 2.80. The zero-order chi connectivity index (χ0) is 13.8. The number of pyridine rings is 1. The molecule has 0 aliphatic carbocycles. The SMILES string of the molecule is CCNc1snnc1Cn1cc([N+](=O)[O-])ccc1=O. The number of nitro groups is 1. The van der Waals surface area contributed by atoms with E-state index in [0.717, 1.165) is 5.00 Å². The number of hydrogen-bond donors (Lipinski definition) is 1. The quantitative estimate of drug-likeness (QED) is 0.650. The van der Waals surface area contributed by atoms with E-state index in [-0.39, 0.29) is 17.8 Å². The summed E-state index contributed by atoms with van der Waals surface area (Å²) in [6.07, 6.45) is 1.21. The summed E-state index contributed by atoms with van der Waals surface area (Å²) in [7, 11) is 0. The molecule has 0 spiro atoms. The summed E-state index contributed by atoms with van der Waals surface area (Å²) in [4.78, 5) is 21.8. The Hall–Kier alpha value is -2.29. The predicted molar refractivity (Wildman–Crippen MR) is 70.5 cm³/mol. The Morgan fingerprint density at radius 2 is 2.32 bits per heavy atom. The molecular weight excluding hydrogens is 270 g/mol. The van der Waals surface area contributed by atoms with Gasteiger partial charge >= 0.3 is 0 Å². The Balaban J connectivity index is 2.32. The van der Waals surface area contributed by atoms with Gasteiger partial charge < -0.3 is 9.88 Å². The van der Waals surface area contributed by atoms with Crippen molar-refractivity contribution in [2.75, 3.05) is 11.9 Å². The lowest BCUT2D eigenvalue weighted by atomic mass is 10.3. The lowest BCUT2D eigenvalue weighted by Gasteiger charge is -2.05. The maximum atomic E-state index is 11.7. The molecule has 19 heavy (non-hydrogen) atoms. The van der Waals surface area contributed by atoms with Crippen LogP contribution in [0.15, 0.2) is 23.1 Å². The highest BCUT2D eigenvalue weighted by Gasteiger charge is 2.12. The predicted octanol–water partition coefficient (Wildman–Crippen LogP) is 1.09. The van der Waals surface area contributed by atoms with Crippen molar-refractivity contribution in [1.82, 2.24) is 14.2 Å². The fraction of sp³-hybridized carbons (Fsp3) is 0.300. The van der Waals surface area contributed by atoms with Crippen LogP contribution in [-0.2, 0) is 6.54 Å². The second kappa shape index (κ2) is 5.57. The van der Waals surface area contributed by atoms with Crippen LogP contribution >= 0.6 is 11.5 Å². The lowest BCUT2D eigenvalue weighted by Crippen LogP contribution is -2.20. The van der Waals surface area contributed by atoms with Crippen LogP contribution in [0.3, 0.4) is 0 Å². The van der Waals surface area contributed by atoms with Crippen molar-refractivity contribution < 1.29 is 4.92 Å². The molecule has 2 aromatic rings. The van der Waals surface area contributed by atoms with E-state index in [4.69, 9.17) is 0 Å². The fourth-order valence-corrected chi connectivity index (χ4v) is 2.16. The van der Waals surface area contributed by atoms with E-state index >= 15 is 0 Å². The van der Waals surface area contributed by atoms with E-state index < -0.39 is 4.92 Å².